The number of benzene rings is 1. The molecule has 1 aromatic carbocycles. The van der Waals surface area contributed by atoms with Crippen LogP contribution in [0.15, 0.2) is 24.3 Å². The van der Waals surface area contributed by atoms with Crippen LogP contribution in [0.3, 0.4) is 0 Å². The van der Waals surface area contributed by atoms with Crippen molar-refractivity contribution in [1.82, 2.24) is 14.8 Å². The molecule has 0 amide bonds. The molecule has 6 nitrogen and oxygen atoms in total. The van der Waals surface area contributed by atoms with Gasteiger partial charge in [-0.1, -0.05) is 20.8 Å². The summed E-state index contributed by atoms with van der Waals surface area (Å²) < 4.78 is 1.50. The maximum absolute atomic E-state index is 11.0. The predicted molar refractivity (Wildman–Crippen MR) is 71.7 cm³/mol. The van der Waals surface area contributed by atoms with E-state index in [1.54, 1.807) is 24.3 Å². The Morgan fingerprint density at radius 3 is 2.35 bits per heavy atom. The van der Waals surface area contributed by atoms with Gasteiger partial charge in [0.25, 0.3) is 5.82 Å². The SMILES string of the molecule is CC(C)(C)c1nc(C(=O)O)nn1-c1ccc(C#N)cc1. The minimum Gasteiger partial charge on any atom is -0.475 e. The highest BCUT2D eigenvalue weighted by atomic mass is 16.4. The zero-order chi connectivity index (χ0) is 14.9. The molecule has 1 heterocycles. The molecule has 0 bridgehead atoms. The standard InChI is InChI=1S/C14H14N4O2/c1-14(2,3)13-16-11(12(19)20)17-18(13)10-6-4-9(8-15)5-7-10/h4-7H,1-3H3,(H,19,20). The minimum absolute atomic E-state index is 0.237. The first-order valence-electron chi connectivity index (χ1n) is 6.04. The number of nitrogens with zero attached hydrogens (tertiary/aromatic N) is 4. The Labute approximate surface area is 116 Å². The second-order valence-electron chi connectivity index (χ2n) is 5.38. The van der Waals surface area contributed by atoms with Crippen LogP contribution in [-0.4, -0.2) is 25.8 Å². The number of aromatic carboxylic acids is 1. The van der Waals surface area contributed by atoms with Crippen LogP contribution in [0.5, 0.6) is 0 Å². The van der Waals surface area contributed by atoms with E-state index in [0.717, 1.165) is 0 Å². The van der Waals surface area contributed by atoms with Crippen molar-refractivity contribution in [3.8, 4) is 11.8 Å². The Bertz CT molecular complexity index is 687. The number of carboxylic acid groups (broad SMARTS) is 1. The normalized spacial score (nSPS) is 11.1. The molecule has 1 N–H and O–H groups in total. The third-order valence-corrected chi connectivity index (χ3v) is 2.71. The van der Waals surface area contributed by atoms with Crippen molar-refractivity contribution in [1.29, 1.82) is 5.26 Å². The smallest absolute Gasteiger partial charge is 0.375 e. The van der Waals surface area contributed by atoms with Gasteiger partial charge in [0, 0.05) is 5.41 Å². The van der Waals surface area contributed by atoms with E-state index in [4.69, 9.17) is 10.4 Å². The topological polar surface area (TPSA) is 91.8 Å². The van der Waals surface area contributed by atoms with Gasteiger partial charge in [-0.15, -0.1) is 5.10 Å². The van der Waals surface area contributed by atoms with Gasteiger partial charge in [0.1, 0.15) is 5.82 Å². The lowest BCUT2D eigenvalue weighted by Crippen LogP contribution is -2.18. The lowest BCUT2D eigenvalue weighted by atomic mass is 9.95. The molecule has 0 radical (unpaired) electrons. The van der Waals surface area contributed by atoms with Crippen LogP contribution in [0.1, 0.15) is 42.8 Å². The third kappa shape index (κ3) is 2.52. The van der Waals surface area contributed by atoms with E-state index >= 15 is 0 Å². The van der Waals surface area contributed by atoms with Crippen molar-refractivity contribution in [2.24, 2.45) is 0 Å². The molecule has 0 spiro atoms. The fourth-order valence-electron chi connectivity index (χ4n) is 1.75. The Morgan fingerprint density at radius 1 is 1.30 bits per heavy atom. The third-order valence-electron chi connectivity index (χ3n) is 2.71. The van der Waals surface area contributed by atoms with Crippen LogP contribution in [0.25, 0.3) is 5.69 Å². The van der Waals surface area contributed by atoms with E-state index < -0.39 is 5.97 Å². The van der Waals surface area contributed by atoms with E-state index in [1.807, 2.05) is 26.8 Å². The second kappa shape index (κ2) is 4.78. The quantitative estimate of drug-likeness (QED) is 0.902. The highest BCUT2D eigenvalue weighted by Gasteiger charge is 2.25. The molecular weight excluding hydrogens is 256 g/mol. The number of hydrogen-bond acceptors (Lipinski definition) is 4. The number of nitriles is 1. The van der Waals surface area contributed by atoms with E-state index in [0.29, 0.717) is 17.1 Å². The van der Waals surface area contributed by atoms with E-state index in [-0.39, 0.29) is 11.2 Å². The van der Waals surface area contributed by atoms with Gasteiger partial charge in [0.15, 0.2) is 0 Å². The number of aromatic nitrogens is 3. The predicted octanol–water partition coefficient (Wildman–Crippen LogP) is 2.13. The van der Waals surface area contributed by atoms with Gasteiger partial charge in [0.2, 0.25) is 0 Å². The molecule has 0 aliphatic rings. The Morgan fingerprint density at radius 2 is 1.90 bits per heavy atom. The molecule has 0 saturated heterocycles. The van der Waals surface area contributed by atoms with Crippen molar-refractivity contribution >= 4 is 5.97 Å². The van der Waals surface area contributed by atoms with Gasteiger partial charge >= 0.3 is 5.97 Å². The molecular formula is C14H14N4O2. The Hall–Kier alpha value is -2.68. The van der Waals surface area contributed by atoms with Gasteiger partial charge in [-0.05, 0) is 24.3 Å². The van der Waals surface area contributed by atoms with Crippen LogP contribution in [0.4, 0.5) is 0 Å². The summed E-state index contributed by atoms with van der Waals surface area (Å²) in [5, 5.41) is 21.9. The lowest BCUT2D eigenvalue weighted by molar-refractivity contribution is 0.0683. The number of carbonyl (C=O) groups is 1. The summed E-state index contributed by atoms with van der Waals surface area (Å²) in [4.78, 5) is 15.1. The first-order chi connectivity index (χ1) is 9.32. The first-order valence-corrected chi connectivity index (χ1v) is 6.04. The monoisotopic (exact) mass is 270 g/mol. The van der Waals surface area contributed by atoms with Crippen LogP contribution in [-0.2, 0) is 5.41 Å². The largest absolute Gasteiger partial charge is 0.475 e. The summed E-state index contributed by atoms with van der Waals surface area (Å²) in [7, 11) is 0. The second-order valence-corrected chi connectivity index (χ2v) is 5.38. The number of rotatable bonds is 2. The maximum Gasteiger partial charge on any atom is 0.375 e. The summed E-state index contributed by atoms with van der Waals surface area (Å²) in [5.74, 6) is -0.846. The zero-order valence-electron chi connectivity index (χ0n) is 11.5. The zero-order valence-corrected chi connectivity index (χ0v) is 11.5. The van der Waals surface area contributed by atoms with Gasteiger partial charge in [-0.2, -0.15) is 5.26 Å². The molecule has 102 valence electrons. The molecule has 6 heteroatoms. The summed E-state index contributed by atoms with van der Waals surface area (Å²) in [6, 6.07) is 8.78. The van der Waals surface area contributed by atoms with E-state index in [9.17, 15) is 4.79 Å². The van der Waals surface area contributed by atoms with Gasteiger partial charge in [-0.25, -0.2) is 14.5 Å². The average Bonchev–Trinajstić information content (AvgIpc) is 2.84. The van der Waals surface area contributed by atoms with Crippen molar-refractivity contribution in [3.63, 3.8) is 0 Å². The molecule has 0 fully saturated rings. The van der Waals surface area contributed by atoms with E-state index in [1.165, 1.54) is 4.68 Å². The fourth-order valence-corrected chi connectivity index (χ4v) is 1.75. The van der Waals surface area contributed by atoms with Crippen LogP contribution in [0.2, 0.25) is 0 Å². The molecule has 0 unspecified atom stereocenters. The van der Waals surface area contributed by atoms with E-state index in [2.05, 4.69) is 10.1 Å². The highest BCUT2D eigenvalue weighted by molar-refractivity contribution is 5.83. The van der Waals surface area contributed by atoms with Crippen LogP contribution >= 0.6 is 0 Å². The number of hydrogen-bond donors (Lipinski definition) is 1. The summed E-state index contributed by atoms with van der Waals surface area (Å²) in [6.07, 6.45) is 0. The maximum atomic E-state index is 11.0. The Kier molecular flexibility index (Phi) is 3.28. The van der Waals surface area contributed by atoms with Crippen LogP contribution in [0, 0.1) is 11.3 Å². The van der Waals surface area contributed by atoms with Gasteiger partial charge in [0.05, 0.1) is 17.3 Å². The average molecular weight is 270 g/mol. The van der Waals surface area contributed by atoms with Crippen LogP contribution < -0.4 is 0 Å². The summed E-state index contributed by atoms with van der Waals surface area (Å²) >= 11 is 0. The van der Waals surface area contributed by atoms with Crippen molar-refractivity contribution in [2.45, 2.75) is 26.2 Å². The van der Waals surface area contributed by atoms with Gasteiger partial charge < -0.3 is 5.11 Å². The highest BCUT2D eigenvalue weighted by Crippen LogP contribution is 2.23. The fraction of sp³-hybridized carbons (Fsp3) is 0.286. The lowest BCUT2D eigenvalue weighted by Gasteiger charge is -2.18. The molecule has 0 atom stereocenters. The first kappa shape index (κ1) is 13.7. The van der Waals surface area contributed by atoms with Gasteiger partial charge in [-0.3, -0.25) is 0 Å². The molecule has 0 aliphatic carbocycles. The van der Waals surface area contributed by atoms with Crippen molar-refractivity contribution in [2.75, 3.05) is 0 Å². The molecule has 20 heavy (non-hydrogen) atoms. The van der Waals surface area contributed by atoms with Crippen molar-refractivity contribution < 1.29 is 9.90 Å². The number of carboxylic acids is 1. The Balaban J connectivity index is 2.59. The molecule has 2 rings (SSSR count). The summed E-state index contributed by atoms with van der Waals surface area (Å²) in [5.41, 5.74) is 0.854. The van der Waals surface area contributed by atoms with Crippen molar-refractivity contribution in [3.05, 3.63) is 41.5 Å². The molecule has 0 aliphatic heterocycles. The summed E-state index contributed by atoms with van der Waals surface area (Å²) in [6.45, 7) is 5.80. The minimum atomic E-state index is -1.16. The molecule has 2 aromatic rings. The molecule has 0 saturated carbocycles. The molecule has 1 aromatic heterocycles.